The molecule has 7 heteroatoms. The first kappa shape index (κ1) is 19.4. The van der Waals surface area contributed by atoms with Crippen molar-refractivity contribution in [2.75, 3.05) is 26.8 Å². The normalized spacial score (nSPS) is 19.7. The van der Waals surface area contributed by atoms with Crippen molar-refractivity contribution in [3.8, 4) is 5.75 Å². The van der Waals surface area contributed by atoms with Crippen molar-refractivity contribution in [2.45, 2.75) is 19.4 Å². The number of carbonyl (C=O) groups excluding carboxylic acids is 1. The van der Waals surface area contributed by atoms with Gasteiger partial charge in [0.1, 0.15) is 17.8 Å². The molecule has 2 aromatic rings. The van der Waals surface area contributed by atoms with Crippen molar-refractivity contribution >= 4 is 23.2 Å². The summed E-state index contributed by atoms with van der Waals surface area (Å²) in [4.78, 5) is 27.4. The molecule has 1 aromatic heterocycles. The zero-order chi connectivity index (χ0) is 19.3. The molecule has 0 spiro atoms. The monoisotopic (exact) mass is 389 g/mol. The number of hydrogen-bond acceptors (Lipinski definition) is 5. The SMILES string of the molecule is COCC1(C(=O)O)CCCN(C(=O)c2cccc(OCc3cccs3)c2)C1. The quantitative estimate of drug-likeness (QED) is 0.786. The minimum atomic E-state index is -1.05. The number of thiophene rings is 1. The Bertz CT molecular complexity index is 787. The van der Waals surface area contributed by atoms with E-state index < -0.39 is 11.4 Å². The van der Waals surface area contributed by atoms with Gasteiger partial charge in [0.2, 0.25) is 0 Å². The summed E-state index contributed by atoms with van der Waals surface area (Å²) < 4.78 is 10.9. The van der Waals surface area contributed by atoms with E-state index in [4.69, 9.17) is 9.47 Å². The molecule has 2 heterocycles. The lowest BCUT2D eigenvalue weighted by molar-refractivity contribution is -0.155. The van der Waals surface area contributed by atoms with E-state index in [9.17, 15) is 14.7 Å². The summed E-state index contributed by atoms with van der Waals surface area (Å²) in [6.07, 6.45) is 1.14. The van der Waals surface area contributed by atoms with Gasteiger partial charge in [-0.25, -0.2) is 0 Å². The molecule has 1 aromatic carbocycles. The van der Waals surface area contributed by atoms with Crippen LogP contribution in [0.1, 0.15) is 28.1 Å². The van der Waals surface area contributed by atoms with Crippen molar-refractivity contribution in [2.24, 2.45) is 5.41 Å². The molecule has 0 bridgehead atoms. The summed E-state index contributed by atoms with van der Waals surface area (Å²) >= 11 is 1.61. The van der Waals surface area contributed by atoms with Gasteiger partial charge in [-0.05, 0) is 42.5 Å². The molecule has 1 N–H and O–H groups in total. The number of amides is 1. The van der Waals surface area contributed by atoms with E-state index in [-0.39, 0.29) is 19.1 Å². The Morgan fingerprint density at radius 3 is 2.85 bits per heavy atom. The molecule has 144 valence electrons. The topological polar surface area (TPSA) is 76.1 Å². The first-order valence-electron chi connectivity index (χ1n) is 8.81. The van der Waals surface area contributed by atoms with Gasteiger partial charge in [0, 0.05) is 30.6 Å². The standard InChI is InChI=1S/C20H23NO5S/c1-25-14-20(19(23)24)8-4-9-21(13-20)18(22)15-5-2-6-16(11-15)26-12-17-7-3-10-27-17/h2-3,5-7,10-11H,4,8-9,12-14H2,1H3,(H,23,24). The van der Waals surface area contributed by atoms with Crippen molar-refractivity contribution < 1.29 is 24.2 Å². The predicted molar refractivity (Wildman–Crippen MR) is 102 cm³/mol. The minimum Gasteiger partial charge on any atom is -0.488 e. The van der Waals surface area contributed by atoms with Crippen LogP contribution in [0, 0.1) is 5.41 Å². The number of rotatable bonds is 7. The van der Waals surface area contributed by atoms with Crippen LogP contribution in [-0.2, 0) is 16.1 Å². The number of methoxy groups -OCH3 is 1. The summed E-state index contributed by atoms with van der Waals surface area (Å²) in [5.74, 6) is -0.486. The summed E-state index contributed by atoms with van der Waals surface area (Å²) in [5.41, 5.74) is -0.548. The van der Waals surface area contributed by atoms with E-state index in [1.165, 1.54) is 7.11 Å². The maximum atomic E-state index is 12.9. The Labute approximate surface area is 162 Å². The van der Waals surface area contributed by atoms with Crippen LogP contribution in [0.2, 0.25) is 0 Å². The number of likely N-dealkylation sites (tertiary alicyclic amines) is 1. The average Bonchev–Trinajstić information content (AvgIpc) is 3.20. The molecule has 6 nitrogen and oxygen atoms in total. The van der Waals surface area contributed by atoms with Gasteiger partial charge in [0.15, 0.2) is 0 Å². The van der Waals surface area contributed by atoms with Gasteiger partial charge in [-0.2, -0.15) is 0 Å². The van der Waals surface area contributed by atoms with Crippen LogP contribution < -0.4 is 4.74 Å². The summed E-state index contributed by atoms with van der Waals surface area (Å²) in [5, 5.41) is 11.6. The van der Waals surface area contributed by atoms with Crippen LogP contribution in [0.4, 0.5) is 0 Å². The number of carboxylic acid groups (broad SMARTS) is 1. The van der Waals surface area contributed by atoms with Crippen molar-refractivity contribution in [3.05, 3.63) is 52.2 Å². The molecule has 1 unspecified atom stereocenters. The second kappa shape index (κ2) is 8.54. The predicted octanol–water partition coefficient (Wildman–Crippen LogP) is 3.28. The first-order valence-corrected chi connectivity index (χ1v) is 9.69. The number of benzene rings is 1. The van der Waals surface area contributed by atoms with Crippen molar-refractivity contribution in [1.82, 2.24) is 4.90 Å². The van der Waals surface area contributed by atoms with Gasteiger partial charge < -0.3 is 19.5 Å². The van der Waals surface area contributed by atoms with Crippen LogP contribution in [0.5, 0.6) is 5.75 Å². The number of carboxylic acids is 1. The van der Waals surface area contributed by atoms with E-state index in [0.717, 1.165) is 4.88 Å². The zero-order valence-corrected chi connectivity index (χ0v) is 16.0. The lowest BCUT2D eigenvalue weighted by Gasteiger charge is -2.39. The molecule has 1 atom stereocenters. The molecular weight excluding hydrogens is 366 g/mol. The Morgan fingerprint density at radius 2 is 2.15 bits per heavy atom. The number of carbonyl (C=O) groups is 2. The maximum Gasteiger partial charge on any atom is 0.313 e. The largest absolute Gasteiger partial charge is 0.488 e. The fraction of sp³-hybridized carbons (Fsp3) is 0.400. The van der Waals surface area contributed by atoms with E-state index in [2.05, 4.69) is 0 Å². The Balaban J connectivity index is 1.71. The highest BCUT2D eigenvalue weighted by Crippen LogP contribution is 2.32. The van der Waals surface area contributed by atoms with Crippen LogP contribution in [0.3, 0.4) is 0 Å². The lowest BCUT2D eigenvalue weighted by atomic mass is 9.80. The Morgan fingerprint density at radius 1 is 1.30 bits per heavy atom. The summed E-state index contributed by atoms with van der Waals surface area (Å²) in [6.45, 7) is 1.23. The van der Waals surface area contributed by atoms with Gasteiger partial charge in [-0.3, -0.25) is 9.59 Å². The van der Waals surface area contributed by atoms with Crippen LogP contribution in [-0.4, -0.2) is 48.7 Å². The number of piperidine rings is 1. The van der Waals surface area contributed by atoms with Gasteiger partial charge in [0.25, 0.3) is 5.91 Å². The molecule has 0 saturated carbocycles. The van der Waals surface area contributed by atoms with Crippen LogP contribution in [0.25, 0.3) is 0 Å². The molecule has 3 rings (SSSR count). The molecule has 1 saturated heterocycles. The number of hydrogen-bond donors (Lipinski definition) is 1. The Kier molecular flexibility index (Phi) is 6.13. The van der Waals surface area contributed by atoms with E-state index in [1.807, 2.05) is 23.6 Å². The van der Waals surface area contributed by atoms with E-state index in [0.29, 0.717) is 37.3 Å². The first-order chi connectivity index (χ1) is 13.0. The molecule has 0 aliphatic carbocycles. The molecule has 27 heavy (non-hydrogen) atoms. The molecular formula is C20H23NO5S. The summed E-state index contributed by atoms with van der Waals surface area (Å²) in [6, 6.07) is 11.0. The molecule has 1 fully saturated rings. The maximum absolute atomic E-state index is 12.9. The molecule has 1 aliphatic heterocycles. The van der Waals surface area contributed by atoms with Crippen LogP contribution in [0.15, 0.2) is 41.8 Å². The van der Waals surface area contributed by atoms with Gasteiger partial charge in [0.05, 0.1) is 6.61 Å². The molecule has 1 aliphatic rings. The third-order valence-electron chi connectivity index (χ3n) is 4.78. The van der Waals surface area contributed by atoms with E-state index in [1.54, 1.807) is 34.4 Å². The third kappa shape index (κ3) is 4.48. The second-order valence-corrected chi connectivity index (χ2v) is 7.78. The smallest absolute Gasteiger partial charge is 0.313 e. The highest BCUT2D eigenvalue weighted by Gasteiger charge is 2.44. The molecule has 0 radical (unpaired) electrons. The highest BCUT2D eigenvalue weighted by atomic mass is 32.1. The van der Waals surface area contributed by atoms with Gasteiger partial charge in [-0.1, -0.05) is 12.1 Å². The number of nitrogens with zero attached hydrogens (tertiary/aromatic N) is 1. The number of ether oxygens (including phenoxy) is 2. The van der Waals surface area contributed by atoms with Gasteiger partial charge >= 0.3 is 5.97 Å². The van der Waals surface area contributed by atoms with Crippen LogP contribution >= 0.6 is 11.3 Å². The Hall–Kier alpha value is -2.38. The molecule has 1 amide bonds. The summed E-state index contributed by atoms with van der Waals surface area (Å²) in [7, 11) is 1.49. The van der Waals surface area contributed by atoms with Crippen molar-refractivity contribution in [3.63, 3.8) is 0 Å². The second-order valence-electron chi connectivity index (χ2n) is 6.74. The van der Waals surface area contributed by atoms with Gasteiger partial charge in [-0.15, -0.1) is 11.3 Å². The minimum absolute atomic E-state index is 0.0933. The third-order valence-corrected chi connectivity index (χ3v) is 5.63. The zero-order valence-electron chi connectivity index (χ0n) is 15.2. The fourth-order valence-corrected chi connectivity index (χ4v) is 4.00. The highest BCUT2D eigenvalue weighted by molar-refractivity contribution is 7.09. The fourth-order valence-electron chi connectivity index (χ4n) is 3.39. The number of aliphatic carboxylic acids is 1. The van der Waals surface area contributed by atoms with E-state index >= 15 is 0 Å². The van der Waals surface area contributed by atoms with Crippen molar-refractivity contribution in [1.29, 1.82) is 0 Å². The lowest BCUT2D eigenvalue weighted by Crippen LogP contribution is -2.52. The average molecular weight is 389 g/mol.